The van der Waals surface area contributed by atoms with Crippen LogP contribution in [0.2, 0.25) is 5.02 Å². The highest BCUT2D eigenvalue weighted by molar-refractivity contribution is 6.31. The normalized spacial score (nSPS) is 12.3. The minimum absolute atomic E-state index is 0.0172. The van der Waals surface area contributed by atoms with E-state index in [0.717, 1.165) is 28.3 Å². The average Bonchev–Trinajstić information content (AvgIpc) is 2.35. The molecule has 4 heteroatoms. The molecule has 1 aromatic heterocycles. The van der Waals surface area contributed by atoms with Crippen LogP contribution in [-0.4, -0.2) is 11.0 Å². The van der Waals surface area contributed by atoms with Crippen molar-refractivity contribution in [1.29, 1.82) is 0 Å². The number of nitrogen functional groups attached to an aromatic ring is 1. The van der Waals surface area contributed by atoms with Crippen molar-refractivity contribution in [3.05, 3.63) is 58.9 Å². The standard InChI is InChI=1S/C14H16ClN3/c15-13-4-2-1-3-10(13)7-12(16)8-11-9-18-6-5-14(11)17/h1-6,9,12H,7-8,16H2,(H2,17,18). The number of anilines is 1. The fraction of sp³-hybridized carbons (Fsp3) is 0.214. The number of nitrogens with zero attached hydrogens (tertiary/aromatic N) is 1. The highest BCUT2D eigenvalue weighted by atomic mass is 35.5. The Bertz CT molecular complexity index is 480. The lowest BCUT2D eigenvalue weighted by Crippen LogP contribution is -2.26. The smallest absolute Gasteiger partial charge is 0.0438 e. The van der Waals surface area contributed by atoms with Crippen molar-refractivity contribution in [1.82, 2.24) is 4.98 Å². The van der Waals surface area contributed by atoms with E-state index in [2.05, 4.69) is 4.98 Å². The van der Waals surface area contributed by atoms with Gasteiger partial charge in [-0.25, -0.2) is 0 Å². The first kappa shape index (κ1) is 12.9. The zero-order valence-electron chi connectivity index (χ0n) is 10.0. The first-order valence-corrected chi connectivity index (χ1v) is 6.22. The Morgan fingerprint density at radius 2 is 1.83 bits per heavy atom. The van der Waals surface area contributed by atoms with Gasteiger partial charge < -0.3 is 11.5 Å². The van der Waals surface area contributed by atoms with E-state index in [1.54, 1.807) is 18.5 Å². The molecule has 1 aromatic carbocycles. The van der Waals surface area contributed by atoms with Crippen molar-refractivity contribution in [2.75, 3.05) is 5.73 Å². The molecular weight excluding hydrogens is 246 g/mol. The fourth-order valence-corrected chi connectivity index (χ4v) is 2.12. The third kappa shape index (κ3) is 3.22. The molecule has 0 radical (unpaired) electrons. The molecule has 1 atom stereocenters. The maximum Gasteiger partial charge on any atom is 0.0438 e. The molecule has 3 nitrogen and oxygen atoms in total. The van der Waals surface area contributed by atoms with Crippen LogP contribution in [-0.2, 0) is 12.8 Å². The summed E-state index contributed by atoms with van der Waals surface area (Å²) in [5.41, 5.74) is 14.8. The van der Waals surface area contributed by atoms with Crippen LogP contribution in [0, 0.1) is 0 Å². The molecule has 0 aliphatic rings. The van der Waals surface area contributed by atoms with Crippen molar-refractivity contribution in [2.45, 2.75) is 18.9 Å². The summed E-state index contributed by atoms with van der Waals surface area (Å²) in [6, 6.07) is 9.52. The molecule has 0 spiro atoms. The third-order valence-corrected chi connectivity index (χ3v) is 3.23. The number of benzene rings is 1. The second-order valence-electron chi connectivity index (χ2n) is 4.33. The highest BCUT2D eigenvalue weighted by Gasteiger charge is 2.09. The quantitative estimate of drug-likeness (QED) is 0.888. The van der Waals surface area contributed by atoms with Crippen molar-refractivity contribution in [3.63, 3.8) is 0 Å². The van der Waals surface area contributed by atoms with Crippen molar-refractivity contribution < 1.29 is 0 Å². The van der Waals surface area contributed by atoms with E-state index in [1.165, 1.54) is 0 Å². The van der Waals surface area contributed by atoms with Gasteiger partial charge in [0.1, 0.15) is 0 Å². The van der Waals surface area contributed by atoms with Gasteiger partial charge in [0.05, 0.1) is 0 Å². The summed E-state index contributed by atoms with van der Waals surface area (Å²) >= 11 is 6.11. The lowest BCUT2D eigenvalue weighted by Gasteiger charge is -2.13. The van der Waals surface area contributed by atoms with Crippen LogP contribution >= 0.6 is 11.6 Å². The molecule has 94 valence electrons. The first-order chi connectivity index (χ1) is 8.66. The second kappa shape index (κ2) is 5.85. The molecule has 0 saturated carbocycles. The predicted molar refractivity (Wildman–Crippen MR) is 75.5 cm³/mol. The number of hydrogen-bond acceptors (Lipinski definition) is 3. The van der Waals surface area contributed by atoms with Gasteiger partial charge in [-0.1, -0.05) is 29.8 Å². The van der Waals surface area contributed by atoms with Gasteiger partial charge in [0.25, 0.3) is 0 Å². The van der Waals surface area contributed by atoms with Crippen LogP contribution in [0.5, 0.6) is 0 Å². The zero-order valence-corrected chi connectivity index (χ0v) is 10.8. The topological polar surface area (TPSA) is 64.9 Å². The Balaban J connectivity index is 2.04. The molecule has 1 heterocycles. The molecule has 2 rings (SSSR count). The van der Waals surface area contributed by atoms with Gasteiger partial charge >= 0.3 is 0 Å². The summed E-state index contributed by atoms with van der Waals surface area (Å²) in [5, 5.41) is 0.757. The molecule has 0 bridgehead atoms. The third-order valence-electron chi connectivity index (χ3n) is 2.86. The molecule has 18 heavy (non-hydrogen) atoms. The van der Waals surface area contributed by atoms with E-state index < -0.39 is 0 Å². The van der Waals surface area contributed by atoms with Crippen LogP contribution < -0.4 is 11.5 Å². The maximum absolute atomic E-state index is 6.13. The summed E-state index contributed by atoms with van der Waals surface area (Å²) in [7, 11) is 0. The van der Waals surface area contributed by atoms with E-state index in [4.69, 9.17) is 23.1 Å². The zero-order chi connectivity index (χ0) is 13.0. The van der Waals surface area contributed by atoms with Gasteiger partial charge in [-0.05, 0) is 36.1 Å². The molecule has 2 aromatic rings. The molecule has 0 aliphatic carbocycles. The summed E-state index contributed by atoms with van der Waals surface area (Å²) in [5.74, 6) is 0. The lowest BCUT2D eigenvalue weighted by atomic mass is 10.00. The van der Waals surface area contributed by atoms with E-state index in [-0.39, 0.29) is 6.04 Å². The Morgan fingerprint density at radius 3 is 2.56 bits per heavy atom. The van der Waals surface area contributed by atoms with Gasteiger partial charge in [-0.2, -0.15) is 0 Å². The van der Waals surface area contributed by atoms with Crippen LogP contribution in [0.1, 0.15) is 11.1 Å². The minimum Gasteiger partial charge on any atom is -0.398 e. The number of pyridine rings is 1. The average molecular weight is 262 g/mol. The monoisotopic (exact) mass is 261 g/mol. The van der Waals surface area contributed by atoms with Crippen molar-refractivity contribution in [3.8, 4) is 0 Å². The van der Waals surface area contributed by atoms with Gasteiger partial charge in [0, 0.05) is 29.1 Å². The molecule has 1 unspecified atom stereocenters. The van der Waals surface area contributed by atoms with Gasteiger partial charge in [-0.3, -0.25) is 4.98 Å². The van der Waals surface area contributed by atoms with Crippen LogP contribution in [0.15, 0.2) is 42.7 Å². The van der Waals surface area contributed by atoms with Crippen LogP contribution in [0.25, 0.3) is 0 Å². The molecule has 0 fully saturated rings. The molecular formula is C14H16ClN3. The Morgan fingerprint density at radius 1 is 1.11 bits per heavy atom. The number of nitrogens with two attached hydrogens (primary N) is 2. The lowest BCUT2D eigenvalue weighted by molar-refractivity contribution is 0.664. The molecule has 0 saturated heterocycles. The van der Waals surface area contributed by atoms with E-state index >= 15 is 0 Å². The number of aromatic nitrogens is 1. The number of hydrogen-bond donors (Lipinski definition) is 2. The molecule has 0 amide bonds. The second-order valence-corrected chi connectivity index (χ2v) is 4.74. The maximum atomic E-state index is 6.13. The first-order valence-electron chi connectivity index (χ1n) is 5.84. The summed E-state index contributed by atoms with van der Waals surface area (Å²) < 4.78 is 0. The Hall–Kier alpha value is -1.58. The van der Waals surface area contributed by atoms with Gasteiger partial charge in [0.2, 0.25) is 0 Å². The summed E-state index contributed by atoms with van der Waals surface area (Å²) in [4.78, 5) is 4.06. The number of halogens is 1. The predicted octanol–water partition coefficient (Wildman–Crippen LogP) is 2.43. The Labute approximate surface area is 112 Å². The van der Waals surface area contributed by atoms with E-state index in [1.807, 2.05) is 24.3 Å². The molecule has 4 N–H and O–H groups in total. The van der Waals surface area contributed by atoms with Crippen molar-refractivity contribution in [2.24, 2.45) is 5.73 Å². The summed E-state index contributed by atoms with van der Waals surface area (Å²) in [6.07, 6.45) is 4.87. The minimum atomic E-state index is -0.0172. The van der Waals surface area contributed by atoms with E-state index in [9.17, 15) is 0 Å². The fourth-order valence-electron chi connectivity index (χ4n) is 1.91. The van der Waals surface area contributed by atoms with E-state index in [0.29, 0.717) is 6.42 Å². The van der Waals surface area contributed by atoms with Crippen LogP contribution in [0.3, 0.4) is 0 Å². The Kier molecular flexibility index (Phi) is 4.18. The SMILES string of the molecule is Nc1ccncc1CC(N)Cc1ccccc1Cl. The van der Waals surface area contributed by atoms with Crippen LogP contribution in [0.4, 0.5) is 5.69 Å². The largest absolute Gasteiger partial charge is 0.398 e. The summed E-state index contributed by atoms with van der Waals surface area (Å²) in [6.45, 7) is 0. The highest BCUT2D eigenvalue weighted by Crippen LogP contribution is 2.18. The van der Waals surface area contributed by atoms with Gasteiger partial charge in [-0.15, -0.1) is 0 Å². The van der Waals surface area contributed by atoms with Crippen molar-refractivity contribution >= 4 is 17.3 Å². The van der Waals surface area contributed by atoms with Gasteiger partial charge in [0.15, 0.2) is 0 Å². The molecule has 0 aliphatic heterocycles. The number of rotatable bonds is 4.